The SMILES string of the molecule is CC1=CC2=CC(C=[Si](C)C)SC2=C1.Cc1cc2c(-c3ccccc3)cccc2[cH-]1.[Cl-].[Cl-].[Zr+3]. The molecule has 3 aromatic rings. The first kappa shape index (κ1) is 29.2. The second-order valence-electron chi connectivity index (χ2n) is 8.05. The maximum Gasteiger partial charge on any atom is 3.00 e. The summed E-state index contributed by atoms with van der Waals surface area (Å²) in [5.41, 5.74) is 9.30. The van der Waals surface area contributed by atoms with E-state index in [4.69, 9.17) is 0 Å². The van der Waals surface area contributed by atoms with Gasteiger partial charge in [0.1, 0.15) is 0 Å². The molecule has 0 saturated heterocycles. The zero-order valence-electron chi connectivity index (χ0n) is 18.8. The maximum atomic E-state index is 2.50. The molecule has 1 heterocycles. The summed E-state index contributed by atoms with van der Waals surface area (Å²) < 4.78 is 0. The van der Waals surface area contributed by atoms with E-state index in [0.717, 1.165) is 0 Å². The summed E-state index contributed by atoms with van der Waals surface area (Å²) in [6.07, 6.45) is 6.97. The van der Waals surface area contributed by atoms with E-state index < -0.39 is 0 Å². The first-order valence-electron chi connectivity index (χ1n) is 10.1. The van der Waals surface area contributed by atoms with Crippen molar-refractivity contribution in [1.29, 1.82) is 0 Å². The van der Waals surface area contributed by atoms with Crippen LogP contribution in [0.15, 0.2) is 94.9 Å². The molecule has 0 amide bonds. The molecule has 163 valence electrons. The van der Waals surface area contributed by atoms with Gasteiger partial charge in [-0.25, -0.2) is 0 Å². The third-order valence-electron chi connectivity index (χ3n) is 5.11. The third kappa shape index (κ3) is 7.08. The van der Waals surface area contributed by atoms with Crippen molar-refractivity contribution < 1.29 is 51.0 Å². The summed E-state index contributed by atoms with van der Waals surface area (Å²) in [6.45, 7) is 9.00. The van der Waals surface area contributed by atoms with Crippen molar-refractivity contribution in [3.8, 4) is 11.1 Å². The number of halogens is 2. The van der Waals surface area contributed by atoms with Crippen LogP contribution in [-0.4, -0.2) is 19.3 Å². The van der Waals surface area contributed by atoms with Crippen LogP contribution in [0.4, 0.5) is 0 Å². The second kappa shape index (κ2) is 13.2. The molecule has 32 heavy (non-hydrogen) atoms. The van der Waals surface area contributed by atoms with Gasteiger partial charge in [0.15, 0.2) is 0 Å². The summed E-state index contributed by atoms with van der Waals surface area (Å²) in [4.78, 5) is 1.47. The van der Waals surface area contributed by atoms with Crippen LogP contribution in [0.2, 0.25) is 13.1 Å². The molecule has 1 unspecified atom stereocenters. The minimum Gasteiger partial charge on any atom is -1.00 e. The van der Waals surface area contributed by atoms with Crippen molar-refractivity contribution in [2.75, 3.05) is 0 Å². The molecule has 1 radical (unpaired) electrons. The van der Waals surface area contributed by atoms with Crippen molar-refractivity contribution in [3.63, 3.8) is 0 Å². The molecule has 0 bridgehead atoms. The Bertz CT molecular complexity index is 1170. The van der Waals surface area contributed by atoms with E-state index in [1.54, 1.807) is 0 Å². The van der Waals surface area contributed by atoms with Crippen molar-refractivity contribution in [1.82, 2.24) is 0 Å². The number of fused-ring (bicyclic) bond motifs is 2. The van der Waals surface area contributed by atoms with Gasteiger partial charge in [0, 0.05) is 18.6 Å². The number of thioether (sulfide) groups is 1. The number of hydrogen-bond acceptors (Lipinski definition) is 1. The van der Waals surface area contributed by atoms with Gasteiger partial charge in [0.05, 0.1) is 0 Å². The summed E-state index contributed by atoms with van der Waals surface area (Å²) in [5.74, 6) is 0. The van der Waals surface area contributed by atoms with Crippen LogP contribution >= 0.6 is 11.8 Å². The third-order valence-corrected chi connectivity index (χ3v) is 7.53. The first-order valence-corrected chi connectivity index (χ1v) is 13.6. The molecule has 1 aliphatic carbocycles. The van der Waals surface area contributed by atoms with Gasteiger partial charge in [-0.15, -0.1) is 46.3 Å². The average Bonchev–Trinajstić information content (AvgIpc) is 3.33. The van der Waals surface area contributed by atoms with E-state index in [9.17, 15) is 0 Å². The number of aryl methyl sites for hydroxylation is 1. The molecule has 0 saturated carbocycles. The zero-order chi connectivity index (χ0) is 20.4. The summed E-state index contributed by atoms with van der Waals surface area (Å²) in [7, 11) is -0.200. The van der Waals surface area contributed by atoms with Crippen LogP contribution < -0.4 is 24.8 Å². The Labute approximate surface area is 229 Å². The smallest absolute Gasteiger partial charge is 1.00 e. The monoisotopic (exact) mass is 571 g/mol. The van der Waals surface area contributed by atoms with E-state index in [1.165, 1.54) is 43.5 Å². The summed E-state index contributed by atoms with van der Waals surface area (Å²) in [5, 5.41) is 3.33. The van der Waals surface area contributed by atoms with E-state index in [-0.39, 0.29) is 59.4 Å². The quantitative estimate of drug-likeness (QED) is 0.331. The van der Waals surface area contributed by atoms with Gasteiger partial charge in [-0.05, 0) is 29.7 Å². The Kier molecular flexibility index (Phi) is 12.0. The largest absolute Gasteiger partial charge is 3.00 e. The molecule has 2 aliphatic rings. The molecule has 0 spiro atoms. The molecule has 0 nitrogen and oxygen atoms in total. The maximum absolute atomic E-state index is 2.50. The van der Waals surface area contributed by atoms with Crippen LogP contribution in [0.25, 0.3) is 21.9 Å². The van der Waals surface area contributed by atoms with Gasteiger partial charge in [-0.2, -0.15) is 6.07 Å². The topological polar surface area (TPSA) is 0 Å². The summed E-state index contributed by atoms with van der Waals surface area (Å²) >= 11 is 2.00. The van der Waals surface area contributed by atoms with Gasteiger partial charge < -0.3 is 24.8 Å². The number of allylic oxidation sites excluding steroid dienone is 4. The number of hydrogen-bond donors (Lipinski definition) is 0. The summed E-state index contributed by atoms with van der Waals surface area (Å²) in [6, 6.07) is 21.6. The fourth-order valence-electron chi connectivity index (χ4n) is 3.90. The first-order chi connectivity index (χ1) is 14.0. The molecule has 0 N–H and O–H groups in total. The molecular formula is C27H27Cl2SSiZr. The molecule has 5 rings (SSSR count). The van der Waals surface area contributed by atoms with E-state index in [2.05, 4.69) is 112 Å². The minimum absolute atomic E-state index is 0. The predicted octanol–water partition coefficient (Wildman–Crippen LogP) is 1.55. The molecule has 1 atom stereocenters. The number of rotatable bonds is 2. The predicted molar refractivity (Wildman–Crippen MR) is 135 cm³/mol. The normalized spacial score (nSPS) is 15.5. The van der Waals surface area contributed by atoms with Crippen molar-refractivity contribution in [2.24, 2.45) is 0 Å². The van der Waals surface area contributed by atoms with Crippen molar-refractivity contribution in [3.05, 3.63) is 101 Å². The van der Waals surface area contributed by atoms with Gasteiger partial charge in [-0.1, -0.05) is 79.8 Å². The Hall–Kier alpha value is -0.830. The number of benzene rings is 2. The van der Waals surface area contributed by atoms with E-state index in [1.807, 2.05) is 11.8 Å². The van der Waals surface area contributed by atoms with Gasteiger partial charge >= 0.3 is 26.2 Å². The van der Waals surface area contributed by atoms with Gasteiger partial charge in [0.25, 0.3) is 0 Å². The Morgan fingerprint density at radius 2 is 1.66 bits per heavy atom. The standard InChI is InChI=1S/C16H13.C11H14SSi.2ClH.Zr/c1-12-10-14-8-5-9-15(16(14)11-12)13-6-3-2-4-7-13;1-8-4-9-6-10(7-13(2)3)12-11(9)5-8;;;/h2-11H,1H3;4-7,10H,1-3H3;2*1H;/q-1;;;;+3/p-2. The Morgan fingerprint density at radius 1 is 0.938 bits per heavy atom. The molecule has 1 aliphatic heterocycles. The van der Waals surface area contributed by atoms with Gasteiger partial charge in [0.2, 0.25) is 0 Å². The molecule has 3 aromatic carbocycles. The van der Waals surface area contributed by atoms with Crippen molar-refractivity contribution in [2.45, 2.75) is 32.2 Å². The average molecular weight is 574 g/mol. The van der Waals surface area contributed by atoms with Crippen LogP contribution in [0.1, 0.15) is 12.5 Å². The van der Waals surface area contributed by atoms with Crippen molar-refractivity contribution >= 4 is 36.6 Å². The Balaban J connectivity index is 0.000000298. The van der Waals surface area contributed by atoms with Crippen LogP contribution in [0.3, 0.4) is 0 Å². The van der Waals surface area contributed by atoms with E-state index >= 15 is 0 Å². The molecule has 5 heteroatoms. The molecular weight excluding hydrogens is 547 g/mol. The minimum atomic E-state index is -0.200. The van der Waals surface area contributed by atoms with E-state index in [0.29, 0.717) is 5.25 Å². The Morgan fingerprint density at radius 3 is 2.31 bits per heavy atom. The second-order valence-corrected chi connectivity index (χ2v) is 11.8. The van der Waals surface area contributed by atoms with Gasteiger partial charge in [-0.3, -0.25) is 0 Å². The molecule has 0 aromatic heterocycles. The van der Waals surface area contributed by atoms with Crippen LogP contribution in [0.5, 0.6) is 0 Å². The molecule has 0 fully saturated rings. The fraction of sp³-hybridized carbons (Fsp3) is 0.185. The zero-order valence-corrected chi connectivity index (χ0v) is 24.6. The van der Waals surface area contributed by atoms with Crippen LogP contribution in [-0.2, 0) is 26.2 Å². The van der Waals surface area contributed by atoms with Crippen LogP contribution in [0, 0.1) is 6.92 Å². The fourth-order valence-corrected chi connectivity index (χ4v) is 6.77.